The molecule has 6 heteroatoms. The van der Waals surface area contributed by atoms with Crippen molar-refractivity contribution in [1.82, 2.24) is 0 Å². The lowest BCUT2D eigenvalue weighted by Gasteiger charge is -2.18. The van der Waals surface area contributed by atoms with Gasteiger partial charge in [-0.1, -0.05) is 23.2 Å². The molecule has 0 saturated heterocycles. The van der Waals surface area contributed by atoms with E-state index >= 15 is 0 Å². The van der Waals surface area contributed by atoms with Crippen LogP contribution in [0.15, 0.2) is 12.1 Å². The molecule has 0 fully saturated rings. The third-order valence-corrected chi connectivity index (χ3v) is 3.00. The van der Waals surface area contributed by atoms with E-state index in [4.69, 9.17) is 34.8 Å². The lowest BCUT2D eigenvalue weighted by molar-refractivity contribution is 0.0170. The monoisotopic (exact) mass is 284 g/mol. The summed E-state index contributed by atoms with van der Waals surface area (Å²) in [4.78, 5) is 0. The number of phenolic OH excluding ortho intramolecular Hbond substituents is 1. The standard InChI is InChI=1S/C10H11Cl3O3/c11-2-1-8(14)10(16)5-3-7(13)9(15)4-6(5)12/h3-4,8,10,14-16H,1-2H2. The molecule has 0 spiro atoms. The van der Waals surface area contributed by atoms with Gasteiger partial charge in [0.15, 0.2) is 0 Å². The Kier molecular flexibility index (Phi) is 5.15. The largest absolute Gasteiger partial charge is 0.506 e. The molecule has 0 aromatic heterocycles. The third-order valence-electron chi connectivity index (χ3n) is 2.15. The molecule has 0 radical (unpaired) electrons. The normalized spacial score (nSPS) is 14.8. The van der Waals surface area contributed by atoms with Gasteiger partial charge in [0.05, 0.1) is 16.1 Å². The van der Waals surface area contributed by atoms with Gasteiger partial charge in [0.1, 0.15) is 11.9 Å². The minimum atomic E-state index is -1.18. The molecule has 2 unspecified atom stereocenters. The maximum atomic E-state index is 9.78. The number of benzene rings is 1. The fourth-order valence-corrected chi connectivity index (χ4v) is 1.92. The number of hydrogen-bond donors (Lipinski definition) is 3. The molecule has 0 bridgehead atoms. The van der Waals surface area contributed by atoms with E-state index in [0.29, 0.717) is 0 Å². The number of aliphatic hydroxyl groups excluding tert-OH is 2. The van der Waals surface area contributed by atoms with Crippen LogP contribution in [0.4, 0.5) is 0 Å². The Balaban J connectivity index is 2.99. The van der Waals surface area contributed by atoms with Gasteiger partial charge in [0.2, 0.25) is 0 Å². The van der Waals surface area contributed by atoms with Crippen LogP contribution < -0.4 is 0 Å². The van der Waals surface area contributed by atoms with Crippen LogP contribution in [-0.2, 0) is 0 Å². The molecule has 0 saturated carbocycles. The van der Waals surface area contributed by atoms with Gasteiger partial charge < -0.3 is 15.3 Å². The van der Waals surface area contributed by atoms with Gasteiger partial charge in [-0.3, -0.25) is 0 Å². The van der Waals surface area contributed by atoms with Crippen molar-refractivity contribution in [3.8, 4) is 5.75 Å². The summed E-state index contributed by atoms with van der Waals surface area (Å²) in [6.45, 7) is 0. The highest BCUT2D eigenvalue weighted by Gasteiger charge is 2.21. The minimum absolute atomic E-state index is 0.0662. The topological polar surface area (TPSA) is 60.7 Å². The SMILES string of the molecule is Oc1cc(Cl)c(C(O)C(O)CCCl)cc1Cl. The van der Waals surface area contributed by atoms with Crippen LogP contribution in [0.25, 0.3) is 0 Å². The van der Waals surface area contributed by atoms with E-state index in [2.05, 4.69) is 0 Å². The van der Waals surface area contributed by atoms with Crippen molar-refractivity contribution in [2.24, 2.45) is 0 Å². The zero-order valence-corrected chi connectivity index (χ0v) is 10.5. The van der Waals surface area contributed by atoms with Crippen molar-refractivity contribution < 1.29 is 15.3 Å². The first kappa shape index (κ1) is 13.9. The number of aliphatic hydroxyl groups is 2. The van der Waals surface area contributed by atoms with Crippen molar-refractivity contribution in [1.29, 1.82) is 0 Å². The zero-order chi connectivity index (χ0) is 12.3. The zero-order valence-electron chi connectivity index (χ0n) is 8.20. The van der Waals surface area contributed by atoms with Gasteiger partial charge >= 0.3 is 0 Å². The maximum Gasteiger partial charge on any atom is 0.135 e. The summed E-state index contributed by atoms with van der Waals surface area (Å²) in [5.41, 5.74) is 0.266. The number of hydrogen-bond acceptors (Lipinski definition) is 3. The summed E-state index contributed by atoms with van der Waals surface area (Å²) in [6, 6.07) is 2.54. The molecule has 3 nitrogen and oxygen atoms in total. The van der Waals surface area contributed by atoms with E-state index in [1.807, 2.05) is 0 Å². The molecule has 1 aromatic rings. The number of rotatable bonds is 4. The van der Waals surface area contributed by atoms with Gasteiger partial charge in [-0.15, -0.1) is 11.6 Å². The van der Waals surface area contributed by atoms with Crippen LogP contribution in [0.2, 0.25) is 10.0 Å². The first-order valence-electron chi connectivity index (χ1n) is 4.57. The number of phenols is 1. The lowest BCUT2D eigenvalue weighted by Crippen LogP contribution is -2.19. The van der Waals surface area contributed by atoms with Crippen LogP contribution >= 0.6 is 34.8 Å². The van der Waals surface area contributed by atoms with E-state index in [-0.39, 0.29) is 33.7 Å². The van der Waals surface area contributed by atoms with Crippen LogP contribution in [0, 0.1) is 0 Å². The van der Waals surface area contributed by atoms with E-state index in [0.717, 1.165) is 0 Å². The molecule has 90 valence electrons. The fourth-order valence-electron chi connectivity index (χ4n) is 1.26. The van der Waals surface area contributed by atoms with Crippen LogP contribution in [0.5, 0.6) is 5.75 Å². The van der Waals surface area contributed by atoms with E-state index in [9.17, 15) is 15.3 Å². The molecule has 0 aliphatic rings. The van der Waals surface area contributed by atoms with Crippen molar-refractivity contribution in [3.63, 3.8) is 0 Å². The second-order valence-corrected chi connectivity index (χ2v) is 4.51. The Bertz CT molecular complexity index is 371. The molecule has 0 heterocycles. The van der Waals surface area contributed by atoms with Gasteiger partial charge in [0, 0.05) is 17.5 Å². The Labute approximate surface area is 108 Å². The van der Waals surface area contributed by atoms with Gasteiger partial charge in [-0.25, -0.2) is 0 Å². The van der Waals surface area contributed by atoms with E-state index in [1.165, 1.54) is 12.1 Å². The molecule has 0 aliphatic heterocycles. The van der Waals surface area contributed by atoms with E-state index in [1.54, 1.807) is 0 Å². The molecular weight excluding hydrogens is 274 g/mol. The fraction of sp³-hybridized carbons (Fsp3) is 0.400. The third kappa shape index (κ3) is 3.15. The van der Waals surface area contributed by atoms with Crippen LogP contribution in [0.1, 0.15) is 18.1 Å². The molecule has 1 rings (SSSR count). The second-order valence-electron chi connectivity index (χ2n) is 3.31. The molecule has 2 atom stereocenters. The van der Waals surface area contributed by atoms with Crippen molar-refractivity contribution in [2.75, 3.05) is 5.88 Å². The predicted molar refractivity (Wildman–Crippen MR) is 64.4 cm³/mol. The van der Waals surface area contributed by atoms with Gasteiger partial charge in [-0.2, -0.15) is 0 Å². The van der Waals surface area contributed by atoms with Crippen LogP contribution in [0.3, 0.4) is 0 Å². The Morgan fingerprint density at radius 3 is 2.31 bits per heavy atom. The average Bonchev–Trinajstić information content (AvgIpc) is 2.23. The van der Waals surface area contributed by atoms with Crippen molar-refractivity contribution >= 4 is 34.8 Å². The molecule has 0 amide bonds. The summed E-state index contributed by atoms with van der Waals surface area (Å²) in [7, 11) is 0. The Morgan fingerprint density at radius 2 is 1.75 bits per heavy atom. The minimum Gasteiger partial charge on any atom is -0.506 e. The van der Waals surface area contributed by atoms with Gasteiger partial charge in [0.25, 0.3) is 0 Å². The molecule has 16 heavy (non-hydrogen) atoms. The van der Waals surface area contributed by atoms with Crippen LogP contribution in [-0.4, -0.2) is 27.3 Å². The quantitative estimate of drug-likeness (QED) is 0.746. The smallest absolute Gasteiger partial charge is 0.135 e. The summed E-state index contributed by atoms with van der Waals surface area (Å²) in [6.07, 6.45) is -1.96. The van der Waals surface area contributed by atoms with Crippen molar-refractivity contribution in [2.45, 2.75) is 18.6 Å². The lowest BCUT2D eigenvalue weighted by atomic mass is 10.0. The molecule has 3 N–H and O–H groups in total. The maximum absolute atomic E-state index is 9.78. The molecular formula is C10H11Cl3O3. The highest BCUT2D eigenvalue weighted by Crippen LogP contribution is 2.34. The van der Waals surface area contributed by atoms with Crippen molar-refractivity contribution in [3.05, 3.63) is 27.7 Å². The summed E-state index contributed by atoms with van der Waals surface area (Å²) < 4.78 is 0. The average molecular weight is 286 g/mol. The summed E-state index contributed by atoms with van der Waals surface area (Å²) in [5, 5.41) is 28.8. The number of alkyl halides is 1. The highest BCUT2D eigenvalue weighted by atomic mass is 35.5. The summed E-state index contributed by atoms with van der Waals surface area (Å²) in [5.74, 6) is 0.0521. The highest BCUT2D eigenvalue weighted by molar-refractivity contribution is 6.34. The Morgan fingerprint density at radius 1 is 1.12 bits per heavy atom. The first-order valence-corrected chi connectivity index (χ1v) is 5.86. The number of halogens is 3. The van der Waals surface area contributed by atoms with Gasteiger partial charge in [-0.05, 0) is 12.5 Å². The molecule has 0 aliphatic carbocycles. The first-order chi connectivity index (χ1) is 7.47. The Hall–Kier alpha value is -0.190. The number of aromatic hydroxyl groups is 1. The predicted octanol–water partition coefficient (Wildman–Crippen LogP) is 2.72. The summed E-state index contributed by atoms with van der Waals surface area (Å²) >= 11 is 17.0. The van der Waals surface area contributed by atoms with E-state index < -0.39 is 12.2 Å². The molecule has 1 aromatic carbocycles. The second kappa shape index (κ2) is 5.94.